The number of thiophene rings is 1. The van der Waals surface area contributed by atoms with Crippen LogP contribution in [0.25, 0.3) is 20.9 Å². The van der Waals surface area contributed by atoms with E-state index in [0.29, 0.717) is 0 Å². The quantitative estimate of drug-likeness (QED) is 0.458. The molecule has 0 aliphatic rings. The smallest absolute Gasteiger partial charge is 0.195 e. The monoisotopic (exact) mass is 288 g/mol. The highest BCUT2D eigenvalue weighted by Crippen LogP contribution is 2.28. The van der Waals surface area contributed by atoms with Gasteiger partial charge in [0.15, 0.2) is 5.78 Å². The fourth-order valence-corrected chi connectivity index (χ4v) is 3.65. The summed E-state index contributed by atoms with van der Waals surface area (Å²) in [5.41, 5.74) is 1.56. The fourth-order valence-electron chi connectivity index (χ4n) is 2.74. The molecule has 0 radical (unpaired) electrons. The lowest BCUT2D eigenvalue weighted by Crippen LogP contribution is -2.02. The highest BCUT2D eigenvalue weighted by Gasteiger charge is 2.15. The summed E-state index contributed by atoms with van der Waals surface area (Å²) in [5, 5.41) is 5.27. The summed E-state index contributed by atoms with van der Waals surface area (Å²) < 4.78 is 1.07. The van der Waals surface area contributed by atoms with Crippen LogP contribution in [0.2, 0.25) is 0 Å². The number of fused-ring (bicyclic) bond motifs is 2. The molecule has 0 amide bonds. The zero-order chi connectivity index (χ0) is 14.2. The Kier molecular flexibility index (Phi) is 2.83. The van der Waals surface area contributed by atoms with E-state index in [9.17, 15) is 4.79 Å². The first kappa shape index (κ1) is 12.3. The maximum Gasteiger partial charge on any atom is 0.195 e. The second-order valence-corrected chi connectivity index (χ2v) is 5.92. The molecule has 0 atom stereocenters. The first-order chi connectivity index (χ1) is 10.3. The van der Waals surface area contributed by atoms with E-state index in [-0.39, 0.29) is 5.78 Å². The van der Waals surface area contributed by atoms with Gasteiger partial charge in [0.1, 0.15) is 0 Å². The number of ketones is 1. The molecule has 4 rings (SSSR count). The van der Waals surface area contributed by atoms with Crippen LogP contribution in [-0.4, -0.2) is 5.78 Å². The van der Waals surface area contributed by atoms with Crippen LogP contribution < -0.4 is 0 Å². The second-order valence-electron chi connectivity index (χ2n) is 5.00. The van der Waals surface area contributed by atoms with Crippen LogP contribution in [0.4, 0.5) is 0 Å². The van der Waals surface area contributed by atoms with E-state index in [2.05, 4.69) is 6.07 Å². The predicted molar refractivity (Wildman–Crippen MR) is 89.2 cm³/mol. The Hall–Kier alpha value is -2.45. The van der Waals surface area contributed by atoms with Gasteiger partial charge in [0.25, 0.3) is 0 Å². The molecule has 1 nitrogen and oxygen atoms in total. The summed E-state index contributed by atoms with van der Waals surface area (Å²) in [6.07, 6.45) is 0. The molecule has 0 saturated heterocycles. The van der Waals surface area contributed by atoms with E-state index in [0.717, 1.165) is 32.0 Å². The largest absolute Gasteiger partial charge is 0.289 e. The molecule has 0 saturated carbocycles. The van der Waals surface area contributed by atoms with Gasteiger partial charge in [-0.25, -0.2) is 0 Å². The van der Waals surface area contributed by atoms with Crippen LogP contribution >= 0.6 is 11.3 Å². The summed E-state index contributed by atoms with van der Waals surface area (Å²) in [6.45, 7) is 0. The number of rotatable bonds is 2. The summed E-state index contributed by atoms with van der Waals surface area (Å²) in [4.78, 5) is 13.0. The van der Waals surface area contributed by atoms with E-state index in [1.165, 1.54) is 0 Å². The van der Waals surface area contributed by atoms with Crippen molar-refractivity contribution in [3.63, 3.8) is 0 Å². The van der Waals surface area contributed by atoms with Gasteiger partial charge in [0.2, 0.25) is 0 Å². The minimum absolute atomic E-state index is 0.0971. The Morgan fingerprint density at radius 1 is 0.714 bits per heavy atom. The lowest BCUT2D eigenvalue weighted by atomic mass is 9.97. The molecule has 0 unspecified atom stereocenters. The highest BCUT2D eigenvalue weighted by atomic mass is 32.1. The molecule has 0 N–H and O–H groups in total. The van der Waals surface area contributed by atoms with Crippen molar-refractivity contribution in [2.75, 3.05) is 0 Å². The SMILES string of the molecule is O=C(c1cccc2ccccc12)c1cccc2ccsc12. The van der Waals surface area contributed by atoms with Gasteiger partial charge in [-0.15, -0.1) is 11.3 Å². The Morgan fingerprint density at radius 3 is 2.33 bits per heavy atom. The van der Waals surface area contributed by atoms with Crippen molar-refractivity contribution in [1.82, 2.24) is 0 Å². The van der Waals surface area contributed by atoms with Gasteiger partial charge < -0.3 is 0 Å². The molecular formula is C19H12OS. The molecule has 2 heteroatoms. The minimum atomic E-state index is 0.0971. The molecule has 100 valence electrons. The number of hydrogen-bond acceptors (Lipinski definition) is 2. The fraction of sp³-hybridized carbons (Fsp3) is 0. The standard InChI is InChI=1S/C19H12OS/c20-18(17-10-4-7-14-11-12-21-19(14)17)16-9-3-6-13-5-1-2-8-15(13)16/h1-12H. The van der Waals surface area contributed by atoms with E-state index in [1.807, 2.05) is 66.0 Å². The molecule has 1 aromatic heterocycles. The van der Waals surface area contributed by atoms with Crippen LogP contribution in [0.3, 0.4) is 0 Å². The Labute approximate surface area is 126 Å². The van der Waals surface area contributed by atoms with Crippen molar-refractivity contribution in [2.45, 2.75) is 0 Å². The zero-order valence-electron chi connectivity index (χ0n) is 11.2. The third-order valence-electron chi connectivity index (χ3n) is 3.76. The van der Waals surface area contributed by atoms with Gasteiger partial charge in [-0.2, -0.15) is 0 Å². The van der Waals surface area contributed by atoms with Crippen LogP contribution in [0.15, 0.2) is 72.1 Å². The third kappa shape index (κ3) is 1.96. The average molecular weight is 288 g/mol. The molecule has 0 bridgehead atoms. The van der Waals surface area contributed by atoms with Gasteiger partial charge >= 0.3 is 0 Å². The van der Waals surface area contributed by atoms with Crippen molar-refractivity contribution >= 4 is 38.0 Å². The van der Waals surface area contributed by atoms with E-state index in [4.69, 9.17) is 0 Å². The van der Waals surface area contributed by atoms with E-state index < -0.39 is 0 Å². The molecular weight excluding hydrogens is 276 g/mol. The molecule has 0 fully saturated rings. The third-order valence-corrected chi connectivity index (χ3v) is 4.72. The van der Waals surface area contributed by atoms with Crippen molar-refractivity contribution in [3.8, 4) is 0 Å². The topological polar surface area (TPSA) is 17.1 Å². The van der Waals surface area contributed by atoms with Gasteiger partial charge in [-0.1, -0.05) is 54.6 Å². The van der Waals surface area contributed by atoms with Crippen LogP contribution in [0.5, 0.6) is 0 Å². The Bertz CT molecular complexity index is 960. The molecule has 0 spiro atoms. The number of carbonyl (C=O) groups is 1. The molecule has 4 aromatic rings. The molecule has 0 aliphatic carbocycles. The van der Waals surface area contributed by atoms with Crippen molar-refractivity contribution in [1.29, 1.82) is 0 Å². The summed E-state index contributed by atoms with van der Waals surface area (Å²) in [7, 11) is 0. The Morgan fingerprint density at radius 2 is 1.43 bits per heavy atom. The highest BCUT2D eigenvalue weighted by molar-refractivity contribution is 7.17. The van der Waals surface area contributed by atoms with Crippen molar-refractivity contribution in [3.05, 3.63) is 83.2 Å². The van der Waals surface area contributed by atoms with Gasteiger partial charge in [0.05, 0.1) is 0 Å². The zero-order valence-corrected chi connectivity index (χ0v) is 12.1. The summed E-state index contributed by atoms with van der Waals surface area (Å²) in [6, 6.07) is 21.9. The van der Waals surface area contributed by atoms with E-state index in [1.54, 1.807) is 11.3 Å². The van der Waals surface area contributed by atoms with Crippen LogP contribution in [0, 0.1) is 0 Å². The summed E-state index contributed by atoms with van der Waals surface area (Å²) >= 11 is 1.62. The number of carbonyl (C=O) groups excluding carboxylic acids is 1. The maximum absolute atomic E-state index is 13.0. The first-order valence-corrected chi connectivity index (χ1v) is 7.71. The minimum Gasteiger partial charge on any atom is -0.289 e. The van der Waals surface area contributed by atoms with Crippen molar-refractivity contribution < 1.29 is 4.79 Å². The average Bonchev–Trinajstić information content (AvgIpc) is 3.02. The van der Waals surface area contributed by atoms with Gasteiger partial charge in [-0.3, -0.25) is 4.79 Å². The molecule has 3 aromatic carbocycles. The Balaban J connectivity index is 1.97. The van der Waals surface area contributed by atoms with Crippen LogP contribution in [-0.2, 0) is 0 Å². The summed E-state index contributed by atoms with van der Waals surface area (Å²) in [5.74, 6) is 0.0971. The number of hydrogen-bond donors (Lipinski definition) is 0. The molecule has 21 heavy (non-hydrogen) atoms. The van der Waals surface area contributed by atoms with E-state index >= 15 is 0 Å². The maximum atomic E-state index is 13.0. The van der Waals surface area contributed by atoms with Gasteiger partial charge in [-0.05, 0) is 33.7 Å². The van der Waals surface area contributed by atoms with Gasteiger partial charge in [0, 0.05) is 15.8 Å². The lowest BCUT2D eigenvalue weighted by molar-refractivity contribution is 0.104. The predicted octanol–water partition coefficient (Wildman–Crippen LogP) is 5.29. The lowest BCUT2D eigenvalue weighted by Gasteiger charge is -2.06. The molecule has 0 aliphatic heterocycles. The second kappa shape index (κ2) is 4.83. The first-order valence-electron chi connectivity index (χ1n) is 6.83. The van der Waals surface area contributed by atoms with Crippen LogP contribution in [0.1, 0.15) is 15.9 Å². The van der Waals surface area contributed by atoms with Crippen molar-refractivity contribution in [2.24, 2.45) is 0 Å². The number of benzene rings is 3. The normalized spacial score (nSPS) is 11.0. The molecule has 1 heterocycles.